The Hall–Kier alpha value is -3.48. The molecule has 1 N–H and O–H groups in total. The summed E-state index contributed by atoms with van der Waals surface area (Å²) in [6.07, 6.45) is 0. The average molecular weight is 392 g/mol. The number of hydrogen-bond acceptors (Lipinski definition) is 4. The lowest BCUT2D eigenvalue weighted by Gasteiger charge is -2.34. The Labute approximate surface area is 168 Å². The number of urea groups is 1. The SMILES string of the molecule is CCN1C(=O)NC(c2ccc(F)cc2)C(c2nc(-c3ccc(C)cc3)no2)=C1C. The maximum atomic E-state index is 13.4. The van der Waals surface area contributed by atoms with Gasteiger partial charge in [0.2, 0.25) is 5.82 Å². The van der Waals surface area contributed by atoms with Gasteiger partial charge >= 0.3 is 6.03 Å². The molecule has 1 aliphatic heterocycles. The van der Waals surface area contributed by atoms with Gasteiger partial charge in [0.05, 0.1) is 11.6 Å². The third-order valence-corrected chi connectivity index (χ3v) is 5.08. The van der Waals surface area contributed by atoms with E-state index in [2.05, 4.69) is 15.5 Å². The Morgan fingerprint density at radius 3 is 2.45 bits per heavy atom. The maximum Gasteiger partial charge on any atom is 0.322 e. The molecule has 1 aromatic heterocycles. The summed E-state index contributed by atoms with van der Waals surface area (Å²) in [7, 11) is 0. The van der Waals surface area contributed by atoms with Gasteiger partial charge in [-0.3, -0.25) is 4.90 Å². The van der Waals surface area contributed by atoms with Crippen molar-refractivity contribution in [2.75, 3.05) is 6.54 Å². The number of aromatic nitrogens is 2. The topological polar surface area (TPSA) is 71.3 Å². The highest BCUT2D eigenvalue weighted by atomic mass is 19.1. The van der Waals surface area contributed by atoms with Gasteiger partial charge in [0.1, 0.15) is 5.82 Å². The van der Waals surface area contributed by atoms with Gasteiger partial charge in [-0.15, -0.1) is 0 Å². The minimum atomic E-state index is -0.516. The molecule has 148 valence electrons. The minimum Gasteiger partial charge on any atom is -0.334 e. The van der Waals surface area contributed by atoms with Gasteiger partial charge < -0.3 is 9.84 Å². The average Bonchev–Trinajstić information content (AvgIpc) is 3.18. The Bertz CT molecular complexity index is 1070. The molecule has 0 aliphatic carbocycles. The number of benzene rings is 2. The van der Waals surface area contributed by atoms with Crippen molar-refractivity contribution in [2.45, 2.75) is 26.8 Å². The van der Waals surface area contributed by atoms with Crippen molar-refractivity contribution in [1.29, 1.82) is 0 Å². The normalized spacial score (nSPS) is 16.9. The summed E-state index contributed by atoms with van der Waals surface area (Å²) in [6.45, 7) is 6.25. The summed E-state index contributed by atoms with van der Waals surface area (Å²) in [6, 6.07) is 13.1. The van der Waals surface area contributed by atoms with E-state index in [-0.39, 0.29) is 11.8 Å². The highest BCUT2D eigenvalue weighted by Crippen LogP contribution is 2.37. The summed E-state index contributed by atoms with van der Waals surface area (Å²) in [5.41, 5.74) is 4.14. The summed E-state index contributed by atoms with van der Waals surface area (Å²) < 4.78 is 19.0. The number of carbonyl (C=O) groups is 1. The van der Waals surface area contributed by atoms with Gasteiger partial charge in [-0.25, -0.2) is 9.18 Å². The van der Waals surface area contributed by atoms with Crippen LogP contribution in [0.5, 0.6) is 0 Å². The van der Waals surface area contributed by atoms with E-state index in [0.717, 1.165) is 22.4 Å². The van der Waals surface area contributed by atoms with E-state index in [1.807, 2.05) is 45.0 Å². The van der Waals surface area contributed by atoms with Crippen molar-refractivity contribution in [1.82, 2.24) is 20.4 Å². The molecule has 2 amide bonds. The molecule has 0 spiro atoms. The van der Waals surface area contributed by atoms with E-state index in [9.17, 15) is 9.18 Å². The number of allylic oxidation sites excluding steroid dienone is 1. The van der Waals surface area contributed by atoms with Gasteiger partial charge in [-0.05, 0) is 38.5 Å². The van der Waals surface area contributed by atoms with E-state index in [0.29, 0.717) is 23.8 Å². The van der Waals surface area contributed by atoms with Gasteiger partial charge in [0, 0.05) is 17.8 Å². The molecule has 0 saturated carbocycles. The third-order valence-electron chi connectivity index (χ3n) is 5.08. The fourth-order valence-corrected chi connectivity index (χ4v) is 3.50. The lowest BCUT2D eigenvalue weighted by molar-refractivity contribution is 0.207. The van der Waals surface area contributed by atoms with Crippen LogP contribution < -0.4 is 5.32 Å². The zero-order valence-electron chi connectivity index (χ0n) is 16.4. The first kappa shape index (κ1) is 18.9. The number of rotatable bonds is 4. The number of aryl methyl sites for hydroxylation is 1. The molecule has 0 fully saturated rings. The molecule has 0 bridgehead atoms. The minimum absolute atomic E-state index is 0.221. The predicted octanol–water partition coefficient (Wildman–Crippen LogP) is 4.70. The van der Waals surface area contributed by atoms with Crippen LogP contribution in [0, 0.1) is 12.7 Å². The third kappa shape index (κ3) is 3.51. The fraction of sp³-hybridized carbons (Fsp3) is 0.227. The second kappa shape index (κ2) is 7.50. The van der Waals surface area contributed by atoms with Crippen molar-refractivity contribution in [3.63, 3.8) is 0 Å². The van der Waals surface area contributed by atoms with Crippen LogP contribution in [0.2, 0.25) is 0 Å². The molecule has 29 heavy (non-hydrogen) atoms. The summed E-state index contributed by atoms with van der Waals surface area (Å²) in [5.74, 6) is 0.455. The van der Waals surface area contributed by atoms with Gasteiger partial charge in [0.15, 0.2) is 0 Å². The van der Waals surface area contributed by atoms with Crippen LogP contribution in [0.25, 0.3) is 17.0 Å². The summed E-state index contributed by atoms with van der Waals surface area (Å²) >= 11 is 0. The summed E-state index contributed by atoms with van der Waals surface area (Å²) in [5, 5.41) is 7.09. The molecule has 1 aliphatic rings. The fourth-order valence-electron chi connectivity index (χ4n) is 3.50. The number of carbonyl (C=O) groups excluding carboxylic acids is 1. The monoisotopic (exact) mass is 392 g/mol. The van der Waals surface area contributed by atoms with Crippen LogP contribution in [-0.4, -0.2) is 27.6 Å². The Kier molecular flexibility index (Phi) is 4.88. The second-order valence-corrected chi connectivity index (χ2v) is 6.97. The maximum absolute atomic E-state index is 13.4. The lowest BCUT2D eigenvalue weighted by atomic mass is 9.94. The van der Waals surface area contributed by atoms with Gasteiger partial charge in [0.25, 0.3) is 5.89 Å². The zero-order chi connectivity index (χ0) is 20.5. The largest absolute Gasteiger partial charge is 0.334 e. The van der Waals surface area contributed by atoms with E-state index >= 15 is 0 Å². The molecule has 1 unspecified atom stereocenters. The Balaban J connectivity index is 1.80. The molecular weight excluding hydrogens is 371 g/mol. The quantitative estimate of drug-likeness (QED) is 0.699. The summed E-state index contributed by atoms with van der Waals surface area (Å²) in [4.78, 5) is 18.8. The predicted molar refractivity (Wildman–Crippen MR) is 107 cm³/mol. The molecule has 2 heterocycles. The second-order valence-electron chi connectivity index (χ2n) is 6.97. The Morgan fingerprint density at radius 1 is 1.10 bits per heavy atom. The lowest BCUT2D eigenvalue weighted by Crippen LogP contribution is -2.45. The molecule has 0 saturated heterocycles. The van der Waals surface area contributed by atoms with Gasteiger partial charge in [-0.1, -0.05) is 47.1 Å². The molecule has 2 aromatic carbocycles. The smallest absolute Gasteiger partial charge is 0.322 e. The van der Waals surface area contributed by atoms with Crippen LogP contribution in [0.4, 0.5) is 9.18 Å². The number of amides is 2. The number of hydrogen-bond donors (Lipinski definition) is 1. The van der Waals surface area contributed by atoms with E-state index < -0.39 is 6.04 Å². The number of halogens is 1. The molecule has 0 radical (unpaired) electrons. The van der Waals surface area contributed by atoms with Crippen LogP contribution in [0.15, 0.2) is 58.8 Å². The van der Waals surface area contributed by atoms with Crippen molar-refractivity contribution in [3.8, 4) is 11.4 Å². The number of nitrogens with one attached hydrogen (secondary N) is 1. The first-order chi connectivity index (χ1) is 14.0. The molecule has 3 aromatic rings. The van der Waals surface area contributed by atoms with Crippen LogP contribution >= 0.6 is 0 Å². The Morgan fingerprint density at radius 2 is 1.79 bits per heavy atom. The highest BCUT2D eigenvalue weighted by Gasteiger charge is 2.35. The number of nitrogens with zero attached hydrogens (tertiary/aromatic N) is 3. The van der Waals surface area contributed by atoms with E-state index in [4.69, 9.17) is 4.52 Å². The standard InChI is InChI=1S/C22H21FN4O2/c1-4-27-14(3)18(19(24-22(27)28)15-9-11-17(23)12-10-15)21-25-20(26-29-21)16-7-5-13(2)6-8-16/h5-12,19H,4H2,1-3H3,(H,24,28). The van der Waals surface area contributed by atoms with E-state index in [1.54, 1.807) is 17.0 Å². The van der Waals surface area contributed by atoms with Crippen molar-refractivity contribution < 1.29 is 13.7 Å². The van der Waals surface area contributed by atoms with Crippen molar-refractivity contribution in [2.24, 2.45) is 0 Å². The van der Waals surface area contributed by atoms with Crippen molar-refractivity contribution in [3.05, 3.63) is 77.1 Å². The molecular formula is C22H21FN4O2. The molecule has 1 atom stereocenters. The first-order valence-electron chi connectivity index (χ1n) is 9.43. The van der Waals surface area contributed by atoms with Crippen LogP contribution in [0.1, 0.15) is 36.9 Å². The first-order valence-corrected chi connectivity index (χ1v) is 9.43. The van der Waals surface area contributed by atoms with E-state index in [1.165, 1.54) is 12.1 Å². The van der Waals surface area contributed by atoms with Crippen LogP contribution in [-0.2, 0) is 0 Å². The van der Waals surface area contributed by atoms with Crippen LogP contribution in [0.3, 0.4) is 0 Å². The zero-order valence-corrected chi connectivity index (χ0v) is 16.4. The molecule has 7 heteroatoms. The van der Waals surface area contributed by atoms with Crippen molar-refractivity contribution >= 4 is 11.6 Å². The highest BCUT2D eigenvalue weighted by molar-refractivity contribution is 5.86. The van der Waals surface area contributed by atoms with Gasteiger partial charge in [-0.2, -0.15) is 4.98 Å². The molecule has 4 rings (SSSR count). The molecule has 6 nitrogen and oxygen atoms in total.